The maximum absolute atomic E-state index is 6.45. The largest absolute Gasteiger partial charge is 0.326 e. The number of hydrogen-bond acceptors (Lipinski definition) is 3. The second-order valence-electron chi connectivity index (χ2n) is 4.65. The lowest BCUT2D eigenvalue weighted by Gasteiger charge is -2.25. The predicted molar refractivity (Wildman–Crippen MR) is 85.5 cm³/mol. The van der Waals surface area contributed by atoms with Crippen LogP contribution in [-0.4, -0.2) is 11.5 Å². The predicted octanol–water partition coefficient (Wildman–Crippen LogP) is 4.13. The van der Waals surface area contributed by atoms with Crippen LogP contribution in [0.2, 0.25) is 5.02 Å². The van der Waals surface area contributed by atoms with Gasteiger partial charge in [0.05, 0.1) is 5.02 Å². The van der Waals surface area contributed by atoms with Gasteiger partial charge in [0.25, 0.3) is 0 Å². The lowest BCUT2D eigenvalue weighted by molar-refractivity contribution is 0.779. The highest BCUT2D eigenvalue weighted by Gasteiger charge is 2.15. The van der Waals surface area contributed by atoms with Gasteiger partial charge in [-0.05, 0) is 30.2 Å². The van der Waals surface area contributed by atoms with Gasteiger partial charge in [-0.2, -0.15) is 0 Å². The van der Waals surface area contributed by atoms with E-state index in [-0.39, 0.29) is 0 Å². The fraction of sp³-hybridized carbons (Fsp3) is 0.312. The van der Waals surface area contributed by atoms with Crippen molar-refractivity contribution in [2.75, 3.05) is 11.4 Å². The smallest absolute Gasteiger partial charge is 0.152 e. The zero-order valence-corrected chi connectivity index (χ0v) is 12.5. The van der Waals surface area contributed by atoms with Gasteiger partial charge in [0.1, 0.15) is 0 Å². The Kier molecular flexibility index (Phi) is 5.39. The van der Waals surface area contributed by atoms with E-state index in [2.05, 4.69) is 28.9 Å². The van der Waals surface area contributed by atoms with Crippen LogP contribution in [0, 0.1) is 0 Å². The zero-order valence-electron chi connectivity index (χ0n) is 11.7. The number of anilines is 2. The minimum absolute atomic E-state index is 0.421. The Morgan fingerprint density at radius 3 is 2.60 bits per heavy atom. The van der Waals surface area contributed by atoms with Crippen LogP contribution in [0.4, 0.5) is 11.5 Å². The molecule has 2 aromatic rings. The number of hydrogen-bond donors (Lipinski definition) is 1. The molecule has 0 atom stereocenters. The van der Waals surface area contributed by atoms with Crippen LogP contribution in [0.3, 0.4) is 0 Å². The van der Waals surface area contributed by atoms with Crippen LogP contribution in [-0.2, 0) is 6.54 Å². The first kappa shape index (κ1) is 14.8. The molecule has 0 saturated heterocycles. The first-order valence-corrected chi connectivity index (χ1v) is 7.31. The molecule has 0 aliphatic rings. The molecule has 1 aromatic heterocycles. The van der Waals surface area contributed by atoms with E-state index in [1.165, 1.54) is 0 Å². The van der Waals surface area contributed by atoms with Crippen molar-refractivity contribution in [3.05, 3.63) is 53.2 Å². The molecule has 20 heavy (non-hydrogen) atoms. The highest BCUT2D eigenvalue weighted by molar-refractivity contribution is 6.33. The summed E-state index contributed by atoms with van der Waals surface area (Å²) in [7, 11) is 0. The van der Waals surface area contributed by atoms with Gasteiger partial charge in [-0.1, -0.05) is 43.1 Å². The molecule has 106 valence electrons. The van der Waals surface area contributed by atoms with Crippen molar-refractivity contribution in [3.63, 3.8) is 0 Å². The SMILES string of the molecule is CCCCN(c1ccccc1)c1nccc(CN)c1Cl. The van der Waals surface area contributed by atoms with Crippen LogP contribution >= 0.6 is 11.6 Å². The molecule has 3 nitrogen and oxygen atoms in total. The van der Waals surface area contributed by atoms with E-state index in [4.69, 9.17) is 17.3 Å². The quantitative estimate of drug-likeness (QED) is 0.869. The Labute approximate surface area is 125 Å². The first-order chi connectivity index (χ1) is 9.77. The number of halogens is 1. The Balaban J connectivity index is 2.41. The van der Waals surface area contributed by atoms with Crippen molar-refractivity contribution in [2.24, 2.45) is 5.73 Å². The molecule has 0 saturated carbocycles. The summed E-state index contributed by atoms with van der Waals surface area (Å²) in [6.45, 7) is 3.49. The van der Waals surface area contributed by atoms with E-state index < -0.39 is 0 Å². The van der Waals surface area contributed by atoms with Crippen molar-refractivity contribution in [2.45, 2.75) is 26.3 Å². The number of rotatable bonds is 6. The molecule has 2 rings (SSSR count). The summed E-state index contributed by atoms with van der Waals surface area (Å²) in [6.07, 6.45) is 3.97. The molecule has 1 aromatic carbocycles. The molecule has 0 aliphatic carbocycles. The molecule has 0 radical (unpaired) electrons. The van der Waals surface area contributed by atoms with Crippen LogP contribution < -0.4 is 10.6 Å². The van der Waals surface area contributed by atoms with Crippen molar-refractivity contribution in [1.29, 1.82) is 0 Å². The minimum atomic E-state index is 0.421. The Morgan fingerprint density at radius 1 is 1.20 bits per heavy atom. The van der Waals surface area contributed by atoms with Crippen molar-refractivity contribution in [1.82, 2.24) is 4.98 Å². The zero-order chi connectivity index (χ0) is 14.4. The molecule has 2 N–H and O–H groups in total. The fourth-order valence-corrected chi connectivity index (χ4v) is 2.39. The number of para-hydroxylation sites is 1. The van der Waals surface area contributed by atoms with E-state index in [0.29, 0.717) is 11.6 Å². The molecule has 0 spiro atoms. The van der Waals surface area contributed by atoms with Gasteiger partial charge in [0.2, 0.25) is 0 Å². The number of nitrogens with two attached hydrogens (primary N) is 1. The van der Waals surface area contributed by atoms with E-state index in [1.807, 2.05) is 24.3 Å². The average Bonchev–Trinajstić information content (AvgIpc) is 2.50. The normalized spacial score (nSPS) is 10.6. The highest BCUT2D eigenvalue weighted by Crippen LogP contribution is 2.32. The summed E-state index contributed by atoms with van der Waals surface area (Å²) < 4.78 is 0. The number of unbranched alkanes of at least 4 members (excludes halogenated alkanes) is 1. The lowest BCUT2D eigenvalue weighted by Crippen LogP contribution is -2.20. The molecular formula is C16H20ClN3. The van der Waals surface area contributed by atoms with E-state index >= 15 is 0 Å². The summed E-state index contributed by atoms with van der Waals surface area (Å²) in [5.74, 6) is 0.786. The summed E-state index contributed by atoms with van der Waals surface area (Å²) in [4.78, 5) is 6.61. The summed E-state index contributed by atoms with van der Waals surface area (Å²) in [6, 6.07) is 12.1. The maximum Gasteiger partial charge on any atom is 0.152 e. The lowest BCUT2D eigenvalue weighted by atomic mass is 10.2. The number of nitrogens with zero attached hydrogens (tertiary/aromatic N) is 2. The second-order valence-corrected chi connectivity index (χ2v) is 5.03. The van der Waals surface area contributed by atoms with Crippen LogP contribution in [0.15, 0.2) is 42.6 Å². The Bertz CT molecular complexity index is 543. The molecule has 0 amide bonds. The van der Waals surface area contributed by atoms with Gasteiger partial charge in [-0.15, -0.1) is 0 Å². The second kappa shape index (κ2) is 7.27. The molecule has 0 fully saturated rings. The van der Waals surface area contributed by atoms with Gasteiger partial charge in [0.15, 0.2) is 5.82 Å². The number of aromatic nitrogens is 1. The van der Waals surface area contributed by atoms with E-state index in [9.17, 15) is 0 Å². The molecule has 0 bridgehead atoms. The van der Waals surface area contributed by atoms with E-state index in [1.54, 1.807) is 6.20 Å². The third-order valence-corrected chi connectivity index (χ3v) is 3.64. The standard InChI is InChI=1S/C16H20ClN3/c1-2-3-11-20(14-7-5-4-6-8-14)16-15(17)13(12-18)9-10-19-16/h4-10H,2-3,11-12,18H2,1H3. The van der Waals surface area contributed by atoms with Crippen LogP contribution in [0.25, 0.3) is 0 Å². The third-order valence-electron chi connectivity index (χ3n) is 3.23. The maximum atomic E-state index is 6.45. The topological polar surface area (TPSA) is 42.2 Å². The van der Waals surface area contributed by atoms with Gasteiger partial charge in [0, 0.05) is 25.0 Å². The molecule has 0 aliphatic heterocycles. The van der Waals surface area contributed by atoms with Crippen molar-refractivity contribution < 1.29 is 0 Å². The fourth-order valence-electron chi connectivity index (χ4n) is 2.10. The minimum Gasteiger partial charge on any atom is -0.326 e. The van der Waals surface area contributed by atoms with E-state index in [0.717, 1.165) is 36.5 Å². The Hall–Kier alpha value is -1.58. The van der Waals surface area contributed by atoms with Crippen LogP contribution in [0.5, 0.6) is 0 Å². The number of benzene rings is 1. The summed E-state index contributed by atoms with van der Waals surface area (Å²) in [5, 5.41) is 0.648. The van der Waals surface area contributed by atoms with Crippen LogP contribution in [0.1, 0.15) is 25.3 Å². The summed E-state index contributed by atoms with van der Waals surface area (Å²) in [5.41, 5.74) is 7.75. The monoisotopic (exact) mass is 289 g/mol. The van der Waals surface area contributed by atoms with Gasteiger partial charge in [-0.3, -0.25) is 0 Å². The molecule has 1 heterocycles. The van der Waals surface area contributed by atoms with Crippen molar-refractivity contribution in [3.8, 4) is 0 Å². The molecule has 0 unspecified atom stereocenters. The number of pyridine rings is 1. The molecular weight excluding hydrogens is 270 g/mol. The first-order valence-electron chi connectivity index (χ1n) is 6.94. The average molecular weight is 290 g/mol. The van der Waals surface area contributed by atoms with Gasteiger partial charge in [-0.25, -0.2) is 4.98 Å². The third kappa shape index (κ3) is 3.30. The Morgan fingerprint density at radius 2 is 1.95 bits per heavy atom. The van der Waals surface area contributed by atoms with Gasteiger partial charge < -0.3 is 10.6 Å². The van der Waals surface area contributed by atoms with Gasteiger partial charge >= 0.3 is 0 Å². The highest BCUT2D eigenvalue weighted by atomic mass is 35.5. The molecule has 4 heteroatoms. The summed E-state index contributed by atoms with van der Waals surface area (Å²) >= 11 is 6.45. The van der Waals surface area contributed by atoms with Crippen molar-refractivity contribution >= 4 is 23.1 Å².